The molecule has 1 saturated heterocycles. The van der Waals surface area contributed by atoms with Crippen LogP contribution in [0.1, 0.15) is 45.4 Å². The number of imidazole rings is 1. The predicted molar refractivity (Wildman–Crippen MR) is 112 cm³/mol. The molecule has 2 heterocycles. The van der Waals surface area contributed by atoms with E-state index in [9.17, 15) is 9.59 Å². The number of aromatic nitrogens is 2. The summed E-state index contributed by atoms with van der Waals surface area (Å²) in [5.74, 6) is 1.08. The highest BCUT2D eigenvalue weighted by atomic mass is 16.2. The van der Waals surface area contributed by atoms with E-state index in [4.69, 9.17) is 0 Å². The number of fused-ring (bicyclic) bond motifs is 1. The molecule has 2 aromatic rings. The number of carbonyl (C=O) groups excluding carboxylic acids is 1. The number of hydrogen-bond donors (Lipinski definition) is 1. The first-order chi connectivity index (χ1) is 13.7. The Bertz CT molecular complexity index is 872. The fourth-order valence-corrected chi connectivity index (χ4v) is 4.25. The topological polar surface area (TPSA) is 59.3 Å². The number of benzene rings is 1. The van der Waals surface area contributed by atoms with Crippen molar-refractivity contribution in [1.29, 1.82) is 0 Å². The van der Waals surface area contributed by atoms with E-state index in [1.54, 1.807) is 4.57 Å². The van der Waals surface area contributed by atoms with Gasteiger partial charge in [-0.1, -0.05) is 25.5 Å². The van der Waals surface area contributed by atoms with Gasteiger partial charge in [0, 0.05) is 13.1 Å². The van der Waals surface area contributed by atoms with E-state index in [1.165, 1.54) is 36.8 Å². The maximum atomic E-state index is 12.9. The first kappa shape index (κ1) is 19.2. The molecule has 0 spiro atoms. The Morgan fingerprint density at radius 1 is 1.07 bits per heavy atom. The van der Waals surface area contributed by atoms with Crippen LogP contribution >= 0.6 is 0 Å². The van der Waals surface area contributed by atoms with E-state index in [1.807, 2.05) is 24.3 Å². The summed E-state index contributed by atoms with van der Waals surface area (Å²) in [6.07, 6.45) is 7.07. The van der Waals surface area contributed by atoms with Crippen LogP contribution in [-0.2, 0) is 6.54 Å². The van der Waals surface area contributed by atoms with Crippen molar-refractivity contribution in [2.45, 2.75) is 52.0 Å². The number of likely N-dealkylation sites (tertiary alicyclic amines) is 1. The normalized spacial score (nSPS) is 18.6. The van der Waals surface area contributed by atoms with Crippen molar-refractivity contribution >= 4 is 17.1 Å². The number of carbonyl (C=O) groups is 1. The number of rotatable bonds is 7. The molecule has 0 bridgehead atoms. The van der Waals surface area contributed by atoms with Crippen LogP contribution in [0.3, 0.4) is 0 Å². The lowest BCUT2D eigenvalue weighted by Gasteiger charge is -2.31. The van der Waals surface area contributed by atoms with E-state index in [2.05, 4.69) is 17.1 Å². The van der Waals surface area contributed by atoms with Crippen molar-refractivity contribution in [3.05, 3.63) is 34.7 Å². The molecule has 0 unspecified atom stereocenters. The van der Waals surface area contributed by atoms with Crippen LogP contribution in [0, 0.1) is 11.8 Å². The molecule has 0 radical (unpaired) electrons. The molecule has 1 aromatic heterocycles. The van der Waals surface area contributed by atoms with Crippen molar-refractivity contribution in [2.24, 2.45) is 11.8 Å². The van der Waals surface area contributed by atoms with Gasteiger partial charge in [-0.3, -0.25) is 4.57 Å². The Labute approximate surface area is 166 Å². The van der Waals surface area contributed by atoms with Crippen molar-refractivity contribution in [2.75, 3.05) is 26.2 Å². The van der Waals surface area contributed by atoms with Crippen LogP contribution in [0.25, 0.3) is 11.0 Å². The highest BCUT2D eigenvalue weighted by molar-refractivity contribution is 5.89. The third-order valence-electron chi connectivity index (χ3n) is 6.25. The van der Waals surface area contributed by atoms with Gasteiger partial charge in [0.2, 0.25) is 0 Å². The van der Waals surface area contributed by atoms with Crippen LogP contribution in [-0.4, -0.2) is 46.2 Å². The molecule has 0 atom stereocenters. The van der Waals surface area contributed by atoms with Crippen molar-refractivity contribution in [1.82, 2.24) is 19.4 Å². The van der Waals surface area contributed by atoms with Crippen LogP contribution < -0.4 is 11.0 Å². The number of amides is 1. The Morgan fingerprint density at radius 2 is 1.79 bits per heavy atom. The van der Waals surface area contributed by atoms with Crippen molar-refractivity contribution < 1.29 is 4.79 Å². The van der Waals surface area contributed by atoms with Gasteiger partial charge < -0.3 is 10.2 Å². The first-order valence-electron chi connectivity index (χ1n) is 10.9. The van der Waals surface area contributed by atoms with E-state index in [-0.39, 0.29) is 11.7 Å². The minimum absolute atomic E-state index is 0.208. The summed E-state index contributed by atoms with van der Waals surface area (Å²) < 4.78 is 3.10. The zero-order valence-electron chi connectivity index (χ0n) is 16.9. The summed E-state index contributed by atoms with van der Waals surface area (Å²) in [6, 6.07) is 7.34. The summed E-state index contributed by atoms with van der Waals surface area (Å²) >= 11 is 0. The second-order valence-electron chi connectivity index (χ2n) is 8.49. The Hall–Kier alpha value is -2.08. The minimum atomic E-state index is -0.288. The fraction of sp³-hybridized carbons (Fsp3) is 0.636. The molecule has 1 saturated carbocycles. The lowest BCUT2D eigenvalue weighted by molar-refractivity contribution is 0.179. The zero-order chi connectivity index (χ0) is 19.5. The Kier molecular flexibility index (Phi) is 5.85. The fourth-order valence-electron chi connectivity index (χ4n) is 4.25. The highest BCUT2D eigenvalue weighted by Gasteiger charge is 2.26. The third kappa shape index (κ3) is 4.17. The molecule has 6 nitrogen and oxygen atoms in total. The average Bonchev–Trinajstić information content (AvgIpc) is 3.50. The molecule has 4 rings (SSSR count). The van der Waals surface area contributed by atoms with E-state index in [0.29, 0.717) is 23.9 Å². The molecule has 1 aliphatic heterocycles. The monoisotopic (exact) mass is 384 g/mol. The van der Waals surface area contributed by atoms with Crippen LogP contribution in [0.4, 0.5) is 4.79 Å². The van der Waals surface area contributed by atoms with Gasteiger partial charge in [-0.25, -0.2) is 14.2 Å². The maximum absolute atomic E-state index is 12.9. The van der Waals surface area contributed by atoms with Gasteiger partial charge in [0.05, 0.1) is 11.0 Å². The molecule has 152 valence electrons. The SMILES string of the molecule is CCCCN1CCC(CNC(=O)n2c(=O)n(CC3CC3)c3ccccc32)CC1. The summed E-state index contributed by atoms with van der Waals surface area (Å²) in [6.45, 7) is 7.00. The van der Waals surface area contributed by atoms with Crippen LogP contribution in [0.5, 0.6) is 0 Å². The van der Waals surface area contributed by atoms with Crippen LogP contribution in [0.2, 0.25) is 0 Å². The number of nitrogens with one attached hydrogen (secondary N) is 1. The molecule has 6 heteroatoms. The quantitative estimate of drug-likeness (QED) is 0.797. The average molecular weight is 385 g/mol. The molecular weight excluding hydrogens is 352 g/mol. The number of unbranched alkanes of at least 4 members (excludes halogenated alkanes) is 1. The summed E-state index contributed by atoms with van der Waals surface area (Å²) in [4.78, 5) is 28.3. The molecule has 28 heavy (non-hydrogen) atoms. The van der Waals surface area contributed by atoms with E-state index in [0.717, 1.165) is 38.0 Å². The lowest BCUT2D eigenvalue weighted by Crippen LogP contribution is -2.42. The van der Waals surface area contributed by atoms with Crippen molar-refractivity contribution in [3.8, 4) is 0 Å². The Balaban J connectivity index is 1.41. The largest absolute Gasteiger partial charge is 0.337 e. The number of nitrogens with zero attached hydrogens (tertiary/aromatic N) is 3. The van der Waals surface area contributed by atoms with Gasteiger partial charge in [-0.05, 0) is 75.7 Å². The van der Waals surface area contributed by atoms with E-state index < -0.39 is 0 Å². The molecule has 2 fully saturated rings. The summed E-state index contributed by atoms with van der Waals surface area (Å²) in [7, 11) is 0. The molecule has 1 aromatic carbocycles. The van der Waals surface area contributed by atoms with Gasteiger partial charge in [0.15, 0.2) is 0 Å². The summed E-state index contributed by atoms with van der Waals surface area (Å²) in [5.41, 5.74) is 1.36. The number of piperidine rings is 1. The number of para-hydroxylation sites is 2. The van der Waals surface area contributed by atoms with Gasteiger partial charge in [-0.2, -0.15) is 0 Å². The first-order valence-corrected chi connectivity index (χ1v) is 10.9. The molecule has 1 aliphatic carbocycles. The van der Waals surface area contributed by atoms with Gasteiger partial charge >= 0.3 is 11.7 Å². The smallest absolute Gasteiger partial charge is 0.337 e. The minimum Gasteiger partial charge on any atom is -0.337 e. The predicted octanol–water partition coefficient (Wildman–Crippen LogP) is 3.28. The van der Waals surface area contributed by atoms with Crippen molar-refractivity contribution in [3.63, 3.8) is 0 Å². The second-order valence-corrected chi connectivity index (χ2v) is 8.49. The van der Waals surface area contributed by atoms with Gasteiger partial charge in [-0.15, -0.1) is 0 Å². The highest BCUT2D eigenvalue weighted by Crippen LogP contribution is 2.31. The summed E-state index contributed by atoms with van der Waals surface area (Å²) in [5, 5.41) is 3.03. The number of hydrogen-bond acceptors (Lipinski definition) is 3. The van der Waals surface area contributed by atoms with Crippen LogP contribution in [0.15, 0.2) is 29.1 Å². The molecule has 1 amide bonds. The zero-order valence-corrected chi connectivity index (χ0v) is 16.9. The molecule has 2 aliphatic rings. The molecular formula is C22H32N4O2. The van der Waals surface area contributed by atoms with E-state index >= 15 is 0 Å². The third-order valence-corrected chi connectivity index (χ3v) is 6.25. The van der Waals surface area contributed by atoms with Gasteiger partial charge in [0.1, 0.15) is 0 Å². The maximum Gasteiger partial charge on any atom is 0.337 e. The lowest BCUT2D eigenvalue weighted by atomic mass is 9.96. The van der Waals surface area contributed by atoms with Gasteiger partial charge in [0.25, 0.3) is 0 Å². The molecule has 1 N–H and O–H groups in total. The second kappa shape index (κ2) is 8.52. The Morgan fingerprint density at radius 3 is 2.46 bits per heavy atom. The standard InChI is InChI=1S/C22H32N4O2/c1-2-3-12-24-13-10-17(11-14-24)15-23-21(27)26-20-7-5-4-6-19(20)25(22(26)28)16-18-8-9-18/h4-7,17-18H,2-3,8-16H2,1H3,(H,23,27).